The van der Waals surface area contributed by atoms with E-state index in [4.69, 9.17) is 11.6 Å². The van der Waals surface area contributed by atoms with Crippen LogP contribution in [0.2, 0.25) is 5.15 Å². The third kappa shape index (κ3) is 3.92. The Morgan fingerprint density at radius 2 is 1.97 bits per heavy atom. The molecule has 1 amide bonds. The van der Waals surface area contributed by atoms with Crippen molar-refractivity contribution in [3.63, 3.8) is 0 Å². The summed E-state index contributed by atoms with van der Waals surface area (Å²) in [6, 6.07) is 12.4. The van der Waals surface area contributed by atoms with Gasteiger partial charge in [0.15, 0.2) is 0 Å². The fourth-order valence-electron chi connectivity index (χ4n) is 3.42. The minimum Gasteiger partial charge on any atom is -0.331 e. The molecule has 0 N–H and O–H groups in total. The van der Waals surface area contributed by atoms with Crippen molar-refractivity contribution in [3.8, 4) is 11.3 Å². The summed E-state index contributed by atoms with van der Waals surface area (Å²) in [6.07, 6.45) is -1.59. The molecular weight excluding hydrogens is 417 g/mol. The number of halogens is 4. The lowest BCUT2D eigenvalue weighted by Crippen LogP contribution is -2.34. The van der Waals surface area contributed by atoms with E-state index >= 15 is 0 Å². The molecule has 4 rings (SSSR count). The molecular formula is C21H18ClF3N4O. The minimum atomic E-state index is -3.05. The van der Waals surface area contributed by atoms with Crippen LogP contribution in [-0.2, 0) is 13.6 Å². The van der Waals surface area contributed by atoms with Crippen LogP contribution < -0.4 is 0 Å². The second-order valence-electron chi connectivity index (χ2n) is 7.14. The molecule has 0 unspecified atom stereocenters. The van der Waals surface area contributed by atoms with Gasteiger partial charge in [0.2, 0.25) is 5.95 Å². The van der Waals surface area contributed by atoms with Gasteiger partial charge in [-0.2, -0.15) is 9.49 Å². The molecule has 0 atom stereocenters. The second kappa shape index (κ2) is 8.10. The van der Waals surface area contributed by atoms with Crippen LogP contribution in [0.4, 0.5) is 13.2 Å². The summed E-state index contributed by atoms with van der Waals surface area (Å²) in [7, 11) is 1.19. The van der Waals surface area contributed by atoms with E-state index in [-0.39, 0.29) is 12.6 Å². The molecule has 3 aromatic rings. The number of benzene rings is 1. The van der Waals surface area contributed by atoms with Crippen molar-refractivity contribution < 1.29 is 18.0 Å². The van der Waals surface area contributed by atoms with Crippen molar-refractivity contribution in [2.45, 2.75) is 31.9 Å². The van der Waals surface area contributed by atoms with Crippen LogP contribution in [0.1, 0.15) is 40.9 Å². The summed E-state index contributed by atoms with van der Waals surface area (Å²) in [6.45, 7) is 0.130. The van der Waals surface area contributed by atoms with Crippen LogP contribution in [0, 0.1) is 5.95 Å². The van der Waals surface area contributed by atoms with Gasteiger partial charge in [-0.15, -0.1) is 0 Å². The lowest BCUT2D eigenvalue weighted by molar-refractivity contribution is 0.0712. The van der Waals surface area contributed by atoms with Crippen LogP contribution in [0.3, 0.4) is 0 Å². The van der Waals surface area contributed by atoms with E-state index in [1.54, 1.807) is 18.2 Å². The van der Waals surface area contributed by atoms with Gasteiger partial charge in [0.25, 0.3) is 12.3 Å². The minimum absolute atomic E-state index is 0.130. The number of amides is 1. The third-order valence-corrected chi connectivity index (χ3v) is 5.23. The number of carbonyl (C=O) groups excluding carboxylic acids is 1. The lowest BCUT2D eigenvalue weighted by Gasteiger charge is -2.24. The molecule has 1 aromatic carbocycles. The first-order valence-corrected chi connectivity index (χ1v) is 9.77. The Kier molecular flexibility index (Phi) is 5.51. The van der Waals surface area contributed by atoms with E-state index in [1.807, 2.05) is 24.3 Å². The summed E-state index contributed by atoms with van der Waals surface area (Å²) < 4.78 is 41.9. The van der Waals surface area contributed by atoms with Crippen LogP contribution in [-0.4, -0.2) is 31.6 Å². The SMILES string of the molecule is Cn1nc(C(F)F)c(C(=O)N(Cc2ccccc2-c2cccc(Cl)n2)C2CC2)c1F. The van der Waals surface area contributed by atoms with E-state index in [0.29, 0.717) is 15.5 Å². The molecule has 30 heavy (non-hydrogen) atoms. The molecule has 1 saturated carbocycles. The number of aryl methyl sites for hydroxylation is 1. The molecule has 0 saturated heterocycles. The molecule has 0 aliphatic heterocycles. The fourth-order valence-corrected chi connectivity index (χ4v) is 3.58. The van der Waals surface area contributed by atoms with Crippen molar-refractivity contribution in [3.05, 3.63) is 70.4 Å². The first-order chi connectivity index (χ1) is 14.4. The van der Waals surface area contributed by atoms with Gasteiger partial charge in [-0.3, -0.25) is 4.79 Å². The number of aromatic nitrogens is 3. The maximum Gasteiger partial charge on any atom is 0.283 e. The number of carbonyl (C=O) groups is 1. The molecule has 0 bridgehead atoms. The third-order valence-electron chi connectivity index (χ3n) is 5.02. The van der Waals surface area contributed by atoms with Crippen molar-refractivity contribution in [2.24, 2.45) is 7.05 Å². The number of nitrogens with zero attached hydrogens (tertiary/aromatic N) is 4. The van der Waals surface area contributed by atoms with Crippen molar-refractivity contribution in [2.75, 3.05) is 0 Å². The number of alkyl halides is 2. The Morgan fingerprint density at radius 3 is 2.63 bits per heavy atom. The van der Waals surface area contributed by atoms with Crippen LogP contribution in [0.15, 0.2) is 42.5 Å². The molecule has 0 radical (unpaired) electrons. The molecule has 1 aliphatic rings. The highest BCUT2D eigenvalue weighted by Gasteiger charge is 2.38. The molecule has 2 heterocycles. The van der Waals surface area contributed by atoms with Crippen molar-refractivity contribution in [1.82, 2.24) is 19.7 Å². The van der Waals surface area contributed by atoms with Crippen molar-refractivity contribution >= 4 is 17.5 Å². The molecule has 1 fully saturated rings. The number of pyridine rings is 1. The Bertz CT molecular complexity index is 1100. The van der Waals surface area contributed by atoms with Crippen LogP contribution in [0.25, 0.3) is 11.3 Å². The van der Waals surface area contributed by atoms with Gasteiger partial charge in [-0.05, 0) is 30.5 Å². The van der Waals surface area contributed by atoms with E-state index in [9.17, 15) is 18.0 Å². The standard InChI is InChI=1S/C21H18ClF3N4O/c1-28-20(25)17(18(27-28)19(23)24)21(30)29(13-9-10-13)11-12-5-2-3-6-14(12)15-7-4-8-16(22)26-15/h2-8,13,19H,9-11H2,1H3. The van der Waals surface area contributed by atoms with Crippen LogP contribution in [0.5, 0.6) is 0 Å². The second-order valence-corrected chi connectivity index (χ2v) is 7.53. The van der Waals surface area contributed by atoms with E-state index < -0.39 is 29.5 Å². The number of rotatable bonds is 6. The summed E-state index contributed by atoms with van der Waals surface area (Å²) in [5, 5.41) is 3.82. The van der Waals surface area contributed by atoms with E-state index in [2.05, 4.69) is 10.1 Å². The molecule has 156 valence electrons. The monoisotopic (exact) mass is 434 g/mol. The highest BCUT2D eigenvalue weighted by molar-refractivity contribution is 6.29. The Labute approximate surface area is 176 Å². The zero-order chi connectivity index (χ0) is 21.4. The molecule has 9 heteroatoms. The topological polar surface area (TPSA) is 51.0 Å². The smallest absolute Gasteiger partial charge is 0.283 e. The highest BCUT2D eigenvalue weighted by atomic mass is 35.5. The van der Waals surface area contributed by atoms with Gasteiger partial charge in [0, 0.05) is 25.2 Å². The first-order valence-electron chi connectivity index (χ1n) is 9.39. The van der Waals surface area contributed by atoms with Gasteiger partial charge in [-0.25, -0.2) is 18.4 Å². The van der Waals surface area contributed by atoms with Gasteiger partial charge in [-0.1, -0.05) is 41.9 Å². The van der Waals surface area contributed by atoms with Gasteiger partial charge in [0.1, 0.15) is 16.4 Å². The Balaban J connectivity index is 1.71. The zero-order valence-electron chi connectivity index (χ0n) is 16.0. The maximum absolute atomic E-state index is 14.5. The van der Waals surface area contributed by atoms with E-state index in [0.717, 1.165) is 24.0 Å². The molecule has 2 aromatic heterocycles. The van der Waals surface area contributed by atoms with Gasteiger partial charge in [0.05, 0.1) is 5.69 Å². The van der Waals surface area contributed by atoms with Gasteiger partial charge < -0.3 is 4.90 Å². The van der Waals surface area contributed by atoms with Crippen LogP contribution >= 0.6 is 11.6 Å². The lowest BCUT2D eigenvalue weighted by atomic mass is 10.0. The summed E-state index contributed by atoms with van der Waals surface area (Å²) in [5.41, 5.74) is 0.643. The average molecular weight is 435 g/mol. The average Bonchev–Trinajstić information content (AvgIpc) is 3.51. The fraction of sp³-hybridized carbons (Fsp3) is 0.286. The predicted molar refractivity (Wildman–Crippen MR) is 106 cm³/mol. The van der Waals surface area contributed by atoms with E-state index in [1.165, 1.54) is 11.9 Å². The Morgan fingerprint density at radius 1 is 1.23 bits per heavy atom. The highest BCUT2D eigenvalue weighted by Crippen LogP contribution is 2.34. The quantitative estimate of drug-likeness (QED) is 0.512. The molecule has 1 aliphatic carbocycles. The number of hydrogen-bond donors (Lipinski definition) is 0. The zero-order valence-corrected chi connectivity index (χ0v) is 16.8. The first kappa shape index (κ1) is 20.4. The summed E-state index contributed by atoms with van der Waals surface area (Å²) in [4.78, 5) is 18.9. The number of hydrogen-bond acceptors (Lipinski definition) is 3. The molecule has 0 spiro atoms. The molecule has 5 nitrogen and oxygen atoms in total. The van der Waals surface area contributed by atoms with Crippen molar-refractivity contribution in [1.29, 1.82) is 0 Å². The normalized spacial score (nSPS) is 13.7. The van der Waals surface area contributed by atoms with Gasteiger partial charge >= 0.3 is 0 Å². The summed E-state index contributed by atoms with van der Waals surface area (Å²) in [5.74, 6) is -1.85. The Hall–Kier alpha value is -2.87. The summed E-state index contributed by atoms with van der Waals surface area (Å²) >= 11 is 6.01. The predicted octanol–water partition coefficient (Wildman–Crippen LogP) is 5.02. The largest absolute Gasteiger partial charge is 0.331 e. The maximum atomic E-state index is 14.5.